The van der Waals surface area contributed by atoms with Crippen LogP contribution < -0.4 is 9.47 Å². The largest absolute Gasteiger partial charge is 0.573 e. The summed E-state index contributed by atoms with van der Waals surface area (Å²) in [5.74, 6) is -1.10. The molecule has 0 aliphatic carbocycles. The Balaban J connectivity index is 2.33. The lowest BCUT2D eigenvalue weighted by molar-refractivity contribution is -0.275. The molecule has 0 N–H and O–H groups in total. The molecule has 0 aliphatic heterocycles. The van der Waals surface area contributed by atoms with Gasteiger partial charge in [0.25, 0.3) is 0 Å². The van der Waals surface area contributed by atoms with Crippen LogP contribution in [0.5, 0.6) is 11.5 Å². The molecule has 9 heteroatoms. The lowest BCUT2D eigenvalue weighted by Gasteiger charge is -2.12. The Kier molecular flexibility index (Phi) is 4.72. The van der Waals surface area contributed by atoms with E-state index in [4.69, 9.17) is 0 Å². The third kappa shape index (κ3) is 5.18. The summed E-state index contributed by atoms with van der Waals surface area (Å²) < 4.78 is 80.6. The Morgan fingerprint density at radius 2 is 1.25 bits per heavy atom. The number of benzene rings is 2. The van der Waals surface area contributed by atoms with Crippen LogP contribution >= 0.6 is 0 Å². The zero-order valence-corrected chi connectivity index (χ0v) is 11.6. The molecule has 0 bridgehead atoms. The van der Waals surface area contributed by atoms with Crippen LogP contribution in [0.15, 0.2) is 42.5 Å². The van der Waals surface area contributed by atoms with Crippen LogP contribution in [0.25, 0.3) is 11.1 Å². The van der Waals surface area contributed by atoms with E-state index in [2.05, 4.69) is 9.47 Å². The van der Waals surface area contributed by atoms with Crippen molar-refractivity contribution >= 4 is 6.29 Å². The van der Waals surface area contributed by atoms with Crippen molar-refractivity contribution in [3.8, 4) is 22.6 Å². The molecule has 0 saturated heterocycles. The first-order chi connectivity index (χ1) is 11.1. The van der Waals surface area contributed by atoms with Gasteiger partial charge in [-0.05, 0) is 41.5 Å². The minimum atomic E-state index is -4.94. The maximum absolute atomic E-state index is 12.3. The highest BCUT2D eigenvalue weighted by molar-refractivity contribution is 5.80. The van der Waals surface area contributed by atoms with Gasteiger partial charge in [-0.3, -0.25) is 4.79 Å². The fraction of sp³-hybridized carbons (Fsp3) is 0.133. The van der Waals surface area contributed by atoms with Gasteiger partial charge >= 0.3 is 12.7 Å². The molecule has 0 fully saturated rings. The van der Waals surface area contributed by atoms with Crippen molar-refractivity contribution in [2.24, 2.45) is 0 Å². The van der Waals surface area contributed by atoms with E-state index in [0.29, 0.717) is 6.29 Å². The minimum Gasteiger partial charge on any atom is -0.406 e. The van der Waals surface area contributed by atoms with Gasteiger partial charge in [0.05, 0.1) is 0 Å². The summed E-state index contributed by atoms with van der Waals surface area (Å²) in [4.78, 5) is 10.8. The van der Waals surface area contributed by atoms with Gasteiger partial charge in [-0.1, -0.05) is 12.1 Å². The minimum absolute atomic E-state index is 0.0811. The molecule has 0 amide bonds. The van der Waals surface area contributed by atoms with Crippen LogP contribution in [0.3, 0.4) is 0 Å². The van der Waals surface area contributed by atoms with Gasteiger partial charge in [0.2, 0.25) is 0 Å². The summed E-state index contributed by atoms with van der Waals surface area (Å²) in [6.45, 7) is 0. The van der Waals surface area contributed by atoms with Crippen LogP contribution in [0.2, 0.25) is 0 Å². The van der Waals surface area contributed by atoms with Gasteiger partial charge in [-0.2, -0.15) is 0 Å². The standard InChI is InChI=1S/C15H8F6O3/c16-14(17,18)23-12-3-1-10(2-4-12)11-5-9(8-22)6-13(7-11)24-15(19,20)21/h1-8H. The first kappa shape index (κ1) is 17.6. The fourth-order valence-corrected chi connectivity index (χ4v) is 1.90. The highest BCUT2D eigenvalue weighted by atomic mass is 19.4. The molecule has 2 aromatic carbocycles. The van der Waals surface area contributed by atoms with Gasteiger partial charge in [-0.15, -0.1) is 26.3 Å². The van der Waals surface area contributed by atoms with Gasteiger partial charge in [0.15, 0.2) is 0 Å². The molecule has 0 aliphatic rings. The number of hydrogen-bond donors (Lipinski definition) is 0. The van der Waals surface area contributed by atoms with Crippen LogP contribution in [0.1, 0.15) is 10.4 Å². The summed E-state index contributed by atoms with van der Waals surface area (Å²) >= 11 is 0. The van der Waals surface area contributed by atoms with Crippen molar-refractivity contribution in [1.29, 1.82) is 0 Å². The summed E-state index contributed by atoms with van der Waals surface area (Å²) in [5, 5.41) is 0. The molecular formula is C15H8F6O3. The van der Waals surface area contributed by atoms with Crippen LogP contribution in [-0.2, 0) is 0 Å². The smallest absolute Gasteiger partial charge is 0.406 e. The molecule has 0 atom stereocenters. The van der Waals surface area contributed by atoms with E-state index in [9.17, 15) is 31.1 Å². The molecule has 0 radical (unpaired) electrons. The van der Waals surface area contributed by atoms with E-state index < -0.39 is 24.2 Å². The second-order valence-corrected chi connectivity index (χ2v) is 4.53. The molecule has 3 nitrogen and oxygen atoms in total. The van der Waals surface area contributed by atoms with E-state index in [0.717, 1.165) is 24.3 Å². The molecule has 0 aromatic heterocycles. The Bertz CT molecular complexity index is 719. The quantitative estimate of drug-likeness (QED) is 0.577. The van der Waals surface area contributed by atoms with Gasteiger partial charge in [0, 0.05) is 5.56 Å². The number of rotatable bonds is 4. The van der Waals surface area contributed by atoms with Crippen LogP contribution in [-0.4, -0.2) is 19.0 Å². The second-order valence-electron chi connectivity index (χ2n) is 4.53. The number of ether oxygens (including phenoxy) is 2. The van der Waals surface area contributed by atoms with Gasteiger partial charge < -0.3 is 9.47 Å². The van der Waals surface area contributed by atoms with Gasteiger partial charge in [0.1, 0.15) is 17.8 Å². The van der Waals surface area contributed by atoms with Crippen LogP contribution in [0, 0.1) is 0 Å². The molecule has 0 unspecified atom stereocenters. The Morgan fingerprint density at radius 3 is 1.75 bits per heavy atom. The third-order valence-corrected chi connectivity index (χ3v) is 2.72. The topological polar surface area (TPSA) is 35.5 Å². The summed E-state index contributed by atoms with van der Waals surface area (Å²) in [7, 11) is 0. The maximum atomic E-state index is 12.3. The number of alkyl halides is 6. The lowest BCUT2D eigenvalue weighted by Crippen LogP contribution is -2.17. The normalized spacial score (nSPS) is 11.9. The average Bonchev–Trinajstić information content (AvgIpc) is 2.44. The fourth-order valence-electron chi connectivity index (χ4n) is 1.90. The number of carbonyl (C=O) groups is 1. The van der Waals surface area contributed by atoms with Crippen molar-refractivity contribution in [2.75, 3.05) is 0 Å². The molecule has 2 aromatic rings. The Hall–Kier alpha value is -2.71. The van der Waals surface area contributed by atoms with Crippen molar-refractivity contribution in [3.05, 3.63) is 48.0 Å². The predicted molar refractivity (Wildman–Crippen MR) is 70.6 cm³/mol. The molecule has 128 valence electrons. The lowest BCUT2D eigenvalue weighted by atomic mass is 10.0. The number of aldehydes is 1. The van der Waals surface area contributed by atoms with Gasteiger partial charge in [-0.25, -0.2) is 0 Å². The summed E-state index contributed by atoms with van der Waals surface area (Å²) in [5.41, 5.74) is 0.361. The number of halogens is 6. The highest BCUT2D eigenvalue weighted by Gasteiger charge is 2.32. The highest BCUT2D eigenvalue weighted by Crippen LogP contribution is 2.31. The van der Waals surface area contributed by atoms with Crippen molar-refractivity contribution in [2.45, 2.75) is 12.7 Å². The molecule has 0 heterocycles. The number of hydrogen-bond acceptors (Lipinski definition) is 3. The SMILES string of the molecule is O=Cc1cc(OC(F)(F)F)cc(-c2ccc(OC(F)(F)F)cc2)c1. The van der Waals surface area contributed by atoms with E-state index in [1.807, 2.05) is 0 Å². The van der Waals surface area contributed by atoms with E-state index in [1.165, 1.54) is 18.2 Å². The predicted octanol–water partition coefficient (Wildman–Crippen LogP) is 4.96. The molecule has 24 heavy (non-hydrogen) atoms. The van der Waals surface area contributed by atoms with E-state index >= 15 is 0 Å². The van der Waals surface area contributed by atoms with Crippen molar-refractivity contribution in [3.63, 3.8) is 0 Å². The molecule has 0 spiro atoms. The zero-order valence-electron chi connectivity index (χ0n) is 11.6. The van der Waals surface area contributed by atoms with Crippen molar-refractivity contribution in [1.82, 2.24) is 0 Å². The molecule has 2 rings (SSSR count). The first-order valence-corrected chi connectivity index (χ1v) is 6.28. The van der Waals surface area contributed by atoms with Crippen molar-refractivity contribution < 1.29 is 40.6 Å². The summed E-state index contributed by atoms with van der Waals surface area (Å²) in [6, 6.07) is 7.60. The Labute approximate surface area is 131 Å². The average molecular weight is 350 g/mol. The Morgan fingerprint density at radius 1 is 0.708 bits per heavy atom. The molecule has 0 saturated carbocycles. The second kappa shape index (κ2) is 6.42. The zero-order chi connectivity index (χ0) is 18.0. The third-order valence-electron chi connectivity index (χ3n) is 2.72. The van der Waals surface area contributed by atoms with Crippen LogP contribution in [0.4, 0.5) is 26.3 Å². The first-order valence-electron chi connectivity index (χ1n) is 6.28. The maximum Gasteiger partial charge on any atom is 0.573 e. The van der Waals surface area contributed by atoms with E-state index in [-0.39, 0.29) is 16.7 Å². The molecular weight excluding hydrogens is 342 g/mol. The monoisotopic (exact) mass is 350 g/mol. The van der Waals surface area contributed by atoms with E-state index in [1.54, 1.807) is 0 Å². The summed E-state index contributed by atoms with van der Waals surface area (Å²) in [6.07, 6.45) is -9.47. The number of carbonyl (C=O) groups excluding carboxylic acids is 1.